The van der Waals surface area contributed by atoms with Gasteiger partial charge in [0.05, 0.1) is 12.0 Å². The topological polar surface area (TPSA) is 61.9 Å². The van der Waals surface area contributed by atoms with Gasteiger partial charge in [0.1, 0.15) is 5.75 Å². The fraction of sp³-hybridized carbons (Fsp3) is 0.478. The predicted molar refractivity (Wildman–Crippen MR) is 122 cm³/mol. The zero-order chi connectivity index (χ0) is 21.7. The summed E-state index contributed by atoms with van der Waals surface area (Å²) in [7, 11) is -1.96. The molecule has 164 valence electrons. The Bertz CT molecular complexity index is 954. The van der Waals surface area contributed by atoms with E-state index in [0.29, 0.717) is 5.75 Å². The van der Waals surface area contributed by atoms with Crippen LogP contribution in [0.15, 0.2) is 47.4 Å². The molecule has 0 amide bonds. The van der Waals surface area contributed by atoms with Crippen LogP contribution in [0, 0.1) is 13.8 Å². The molecule has 0 aliphatic carbocycles. The predicted octanol–water partition coefficient (Wildman–Crippen LogP) is 3.19. The highest BCUT2D eigenvalue weighted by atomic mass is 32.2. The van der Waals surface area contributed by atoms with Gasteiger partial charge in [-0.05, 0) is 75.2 Å². The summed E-state index contributed by atoms with van der Waals surface area (Å²) in [5.41, 5.74) is 3.37. The van der Waals surface area contributed by atoms with E-state index >= 15 is 0 Å². The van der Waals surface area contributed by atoms with Gasteiger partial charge < -0.3 is 9.64 Å². The number of aryl methyl sites for hydroxylation is 2. The van der Waals surface area contributed by atoms with Crippen molar-refractivity contribution in [2.75, 3.05) is 44.7 Å². The Kier molecular flexibility index (Phi) is 7.39. The molecule has 7 heteroatoms. The highest BCUT2D eigenvalue weighted by Crippen LogP contribution is 2.22. The van der Waals surface area contributed by atoms with Crippen molar-refractivity contribution < 1.29 is 13.2 Å². The fourth-order valence-electron chi connectivity index (χ4n) is 3.84. The fourth-order valence-corrected chi connectivity index (χ4v) is 5.20. The lowest BCUT2D eigenvalue weighted by molar-refractivity contribution is 0.248. The van der Waals surface area contributed by atoms with E-state index < -0.39 is 10.0 Å². The minimum Gasteiger partial charge on any atom is -0.496 e. The third-order valence-electron chi connectivity index (χ3n) is 5.65. The van der Waals surface area contributed by atoms with E-state index in [-0.39, 0.29) is 10.9 Å². The molecule has 1 unspecified atom stereocenters. The van der Waals surface area contributed by atoms with Gasteiger partial charge in [-0.25, -0.2) is 13.1 Å². The molecule has 1 aliphatic heterocycles. The van der Waals surface area contributed by atoms with E-state index in [4.69, 9.17) is 4.74 Å². The van der Waals surface area contributed by atoms with Gasteiger partial charge in [-0.3, -0.25) is 4.90 Å². The van der Waals surface area contributed by atoms with Gasteiger partial charge in [-0.2, -0.15) is 0 Å². The Morgan fingerprint density at radius 2 is 1.80 bits per heavy atom. The summed E-state index contributed by atoms with van der Waals surface area (Å²) >= 11 is 0. The quantitative estimate of drug-likeness (QED) is 0.696. The van der Waals surface area contributed by atoms with Gasteiger partial charge in [0.2, 0.25) is 10.0 Å². The maximum atomic E-state index is 12.7. The molecule has 1 heterocycles. The number of rotatable bonds is 8. The van der Waals surface area contributed by atoms with Gasteiger partial charge in [-0.15, -0.1) is 0 Å². The molecule has 1 fully saturated rings. The van der Waals surface area contributed by atoms with E-state index in [1.165, 1.54) is 11.3 Å². The number of hydrogen-bond donors (Lipinski definition) is 1. The first-order chi connectivity index (χ1) is 14.3. The molecule has 1 aliphatic rings. The second-order valence-electron chi connectivity index (χ2n) is 8.11. The number of sulfonamides is 1. The molecule has 0 aromatic heterocycles. The largest absolute Gasteiger partial charge is 0.496 e. The first kappa shape index (κ1) is 22.6. The third kappa shape index (κ3) is 5.74. The lowest BCUT2D eigenvalue weighted by Crippen LogP contribution is -2.47. The molecule has 0 bridgehead atoms. The molecule has 0 radical (unpaired) electrons. The molecular formula is C23H33N3O3S. The van der Waals surface area contributed by atoms with Gasteiger partial charge in [0.25, 0.3) is 0 Å². The Morgan fingerprint density at radius 3 is 2.43 bits per heavy atom. The highest BCUT2D eigenvalue weighted by Gasteiger charge is 2.21. The first-order valence-corrected chi connectivity index (χ1v) is 12.0. The van der Waals surface area contributed by atoms with Crippen LogP contribution in [0.25, 0.3) is 0 Å². The SMILES string of the molecule is COc1ccc(S(=O)(=O)NC(C)CCN2CCN(c3cccc(C)c3)CC2)cc1C. The molecular weight excluding hydrogens is 398 g/mol. The van der Waals surface area contributed by atoms with Gasteiger partial charge in [0.15, 0.2) is 0 Å². The number of nitrogens with one attached hydrogen (secondary N) is 1. The molecule has 3 rings (SSSR count). The van der Waals surface area contributed by atoms with Crippen LogP contribution in [0.3, 0.4) is 0 Å². The minimum absolute atomic E-state index is 0.132. The number of hydrogen-bond acceptors (Lipinski definition) is 5. The van der Waals surface area contributed by atoms with Crippen LogP contribution in [0.4, 0.5) is 5.69 Å². The number of methoxy groups -OCH3 is 1. The summed E-state index contributed by atoms with van der Waals surface area (Å²) in [4.78, 5) is 5.11. The van der Waals surface area contributed by atoms with Crippen molar-refractivity contribution in [1.29, 1.82) is 0 Å². The first-order valence-electron chi connectivity index (χ1n) is 10.5. The average molecular weight is 432 g/mol. The maximum Gasteiger partial charge on any atom is 0.240 e. The molecule has 1 N–H and O–H groups in total. The van der Waals surface area contributed by atoms with Crippen LogP contribution in [0.2, 0.25) is 0 Å². The zero-order valence-corrected chi connectivity index (χ0v) is 19.2. The number of piperazine rings is 1. The van der Waals surface area contributed by atoms with Crippen LogP contribution in [-0.4, -0.2) is 59.2 Å². The van der Waals surface area contributed by atoms with E-state index in [1.807, 2.05) is 13.8 Å². The lowest BCUT2D eigenvalue weighted by atomic mass is 10.2. The number of benzene rings is 2. The van der Waals surface area contributed by atoms with Crippen molar-refractivity contribution >= 4 is 15.7 Å². The normalized spacial score (nSPS) is 16.5. The Labute approximate surface area is 180 Å². The van der Waals surface area contributed by atoms with Crippen molar-refractivity contribution in [2.45, 2.75) is 38.1 Å². The maximum absolute atomic E-state index is 12.7. The van der Waals surface area contributed by atoms with E-state index in [0.717, 1.165) is 44.7 Å². The molecule has 1 saturated heterocycles. The summed E-state index contributed by atoms with van der Waals surface area (Å²) in [6.07, 6.45) is 0.777. The van der Waals surface area contributed by atoms with Crippen LogP contribution < -0.4 is 14.4 Å². The molecule has 1 atom stereocenters. The molecule has 6 nitrogen and oxygen atoms in total. The lowest BCUT2D eigenvalue weighted by Gasteiger charge is -2.36. The van der Waals surface area contributed by atoms with Crippen LogP contribution in [0.1, 0.15) is 24.5 Å². The average Bonchev–Trinajstić information content (AvgIpc) is 2.72. The van der Waals surface area contributed by atoms with Crippen molar-refractivity contribution in [3.63, 3.8) is 0 Å². The molecule has 0 spiro atoms. The summed E-state index contributed by atoms with van der Waals surface area (Å²) in [6, 6.07) is 13.4. The second-order valence-corrected chi connectivity index (χ2v) is 9.82. The summed E-state index contributed by atoms with van der Waals surface area (Å²) < 4.78 is 33.4. The monoisotopic (exact) mass is 431 g/mol. The molecule has 0 saturated carbocycles. The number of ether oxygens (including phenoxy) is 1. The highest BCUT2D eigenvalue weighted by molar-refractivity contribution is 7.89. The number of nitrogens with zero attached hydrogens (tertiary/aromatic N) is 2. The zero-order valence-electron chi connectivity index (χ0n) is 18.4. The van der Waals surface area contributed by atoms with Gasteiger partial charge in [0, 0.05) is 37.9 Å². The summed E-state index contributed by atoms with van der Waals surface area (Å²) in [5, 5.41) is 0. The van der Waals surface area contributed by atoms with Crippen LogP contribution >= 0.6 is 0 Å². The van der Waals surface area contributed by atoms with E-state index in [2.05, 4.69) is 45.7 Å². The molecule has 2 aromatic rings. The van der Waals surface area contributed by atoms with Crippen molar-refractivity contribution in [3.05, 3.63) is 53.6 Å². The summed E-state index contributed by atoms with van der Waals surface area (Å²) in [6.45, 7) is 10.7. The van der Waals surface area contributed by atoms with Gasteiger partial charge >= 0.3 is 0 Å². The van der Waals surface area contributed by atoms with Crippen molar-refractivity contribution in [1.82, 2.24) is 9.62 Å². The molecule has 30 heavy (non-hydrogen) atoms. The number of anilines is 1. The van der Waals surface area contributed by atoms with E-state index in [1.54, 1.807) is 25.3 Å². The Hall–Kier alpha value is -2.09. The van der Waals surface area contributed by atoms with Crippen LogP contribution in [-0.2, 0) is 10.0 Å². The Balaban J connectivity index is 1.48. The second kappa shape index (κ2) is 9.81. The Morgan fingerprint density at radius 1 is 1.07 bits per heavy atom. The minimum atomic E-state index is -3.54. The van der Waals surface area contributed by atoms with Gasteiger partial charge in [-0.1, -0.05) is 12.1 Å². The van der Waals surface area contributed by atoms with E-state index in [9.17, 15) is 8.42 Å². The van der Waals surface area contributed by atoms with Crippen molar-refractivity contribution in [3.8, 4) is 5.75 Å². The summed E-state index contributed by atoms with van der Waals surface area (Å²) in [5.74, 6) is 0.687. The standard InChI is InChI=1S/C23H33N3O3S/c1-18-6-5-7-21(16-18)26-14-12-25(13-15-26)11-10-20(3)24-30(27,28)22-8-9-23(29-4)19(2)17-22/h5-9,16-17,20,24H,10-15H2,1-4H3. The van der Waals surface area contributed by atoms with Crippen molar-refractivity contribution in [2.24, 2.45) is 0 Å². The molecule has 2 aromatic carbocycles. The third-order valence-corrected chi connectivity index (χ3v) is 7.24. The smallest absolute Gasteiger partial charge is 0.240 e. The van der Waals surface area contributed by atoms with Crippen LogP contribution in [0.5, 0.6) is 5.75 Å².